The van der Waals surface area contributed by atoms with Gasteiger partial charge in [-0.1, -0.05) is 41.4 Å². The molecule has 0 aromatic heterocycles. The number of carbonyl (C=O) groups is 1. The van der Waals surface area contributed by atoms with E-state index in [0.717, 1.165) is 23.9 Å². The first kappa shape index (κ1) is 24.2. The predicted octanol–water partition coefficient (Wildman–Crippen LogP) is 6.49. The summed E-state index contributed by atoms with van der Waals surface area (Å²) < 4.78 is 5.54. The first-order valence-corrected chi connectivity index (χ1v) is 11.2. The summed E-state index contributed by atoms with van der Waals surface area (Å²) in [7, 11) is 0. The molecular weight excluding hydrogens is 519 g/mol. The number of halogens is 2. The molecule has 1 N–H and O–H groups in total. The number of carbonyl (C=O) groups excluding carboxylic acids is 1. The summed E-state index contributed by atoms with van der Waals surface area (Å²) in [5, 5.41) is 25.8. The summed E-state index contributed by atoms with van der Waals surface area (Å²) in [6, 6.07) is 14.5. The lowest BCUT2D eigenvalue weighted by atomic mass is 10.2. The number of ether oxygens (including phenoxy) is 1. The van der Waals surface area contributed by atoms with Gasteiger partial charge in [-0.15, -0.1) is 0 Å². The number of non-ortho nitro benzene ring substituents is 1. The van der Waals surface area contributed by atoms with Crippen molar-refractivity contribution in [1.29, 1.82) is 0 Å². The Morgan fingerprint density at radius 1 is 1.00 bits per heavy atom. The average Bonchev–Trinajstić information content (AvgIpc) is 3.16. The van der Waals surface area contributed by atoms with Crippen LogP contribution in [0.1, 0.15) is 5.56 Å². The number of nitro benzene ring substituents is 2. The Labute approximate surface area is 211 Å². The van der Waals surface area contributed by atoms with Crippen LogP contribution in [-0.4, -0.2) is 20.9 Å². The zero-order chi connectivity index (χ0) is 25.1. The maximum absolute atomic E-state index is 12.3. The summed E-state index contributed by atoms with van der Waals surface area (Å²) in [5.74, 6) is -0.211. The van der Waals surface area contributed by atoms with E-state index in [1.54, 1.807) is 48.5 Å². The van der Waals surface area contributed by atoms with Crippen LogP contribution in [0.2, 0.25) is 10.0 Å². The number of aliphatic imine (C=N–C) groups is 1. The molecule has 0 bridgehead atoms. The van der Waals surface area contributed by atoms with Gasteiger partial charge in [-0.3, -0.25) is 25.0 Å². The van der Waals surface area contributed by atoms with Crippen molar-refractivity contribution in [1.82, 2.24) is 5.32 Å². The van der Waals surface area contributed by atoms with Gasteiger partial charge < -0.3 is 10.1 Å². The Morgan fingerprint density at radius 2 is 1.74 bits per heavy atom. The van der Waals surface area contributed by atoms with Gasteiger partial charge in [0.05, 0.1) is 36.6 Å². The van der Waals surface area contributed by atoms with E-state index < -0.39 is 21.2 Å². The Bertz CT molecular complexity index is 1430. The monoisotopic (exact) mass is 530 g/mol. The molecule has 3 aromatic carbocycles. The normalized spacial score (nSPS) is 15.3. The summed E-state index contributed by atoms with van der Waals surface area (Å²) >= 11 is 13.3. The van der Waals surface area contributed by atoms with Crippen LogP contribution in [0, 0.1) is 20.2 Å². The van der Waals surface area contributed by atoms with Crippen molar-refractivity contribution in [3.63, 3.8) is 0 Å². The first-order chi connectivity index (χ1) is 16.7. The second-order valence-corrected chi connectivity index (χ2v) is 8.71. The lowest BCUT2D eigenvalue weighted by molar-refractivity contribution is -0.394. The van der Waals surface area contributed by atoms with Crippen molar-refractivity contribution in [2.75, 3.05) is 0 Å². The third-order valence-electron chi connectivity index (χ3n) is 4.56. The number of rotatable bonds is 6. The molecular formula is C22H12Cl2N4O6S. The van der Waals surface area contributed by atoms with Crippen LogP contribution in [0.5, 0.6) is 11.5 Å². The number of nitrogens with zero attached hydrogens (tertiary/aromatic N) is 3. The highest BCUT2D eigenvalue weighted by molar-refractivity contribution is 8.18. The smallest absolute Gasteiger partial charge is 0.318 e. The highest BCUT2D eigenvalue weighted by Gasteiger charge is 2.24. The van der Waals surface area contributed by atoms with Crippen molar-refractivity contribution < 1.29 is 19.4 Å². The fourth-order valence-corrected chi connectivity index (χ4v) is 4.10. The minimum Gasteiger partial charge on any atom is -0.450 e. The average molecular weight is 531 g/mol. The molecule has 35 heavy (non-hydrogen) atoms. The number of nitro groups is 2. The van der Waals surface area contributed by atoms with Crippen molar-refractivity contribution >= 4 is 69.2 Å². The fourth-order valence-electron chi connectivity index (χ4n) is 2.93. The summed E-state index contributed by atoms with van der Waals surface area (Å²) in [6.07, 6.45) is 1.64. The van der Waals surface area contributed by atoms with Gasteiger partial charge in [0.1, 0.15) is 5.75 Å². The second kappa shape index (κ2) is 10.1. The lowest BCUT2D eigenvalue weighted by Gasteiger charge is -2.06. The standard InChI is InChI=1S/C22H12Cl2N4O6S/c23-15-2-1-3-16(20(15)24)25-22-26-21(29)19(35-22)10-12-4-7-14(8-5-12)34-18-9-6-13(27(30)31)11-17(18)28(32)33/h1-11H,(H,25,26,29)/b19-10-. The van der Waals surface area contributed by atoms with Crippen LogP contribution in [0.15, 0.2) is 70.6 Å². The molecule has 1 fully saturated rings. The highest BCUT2D eigenvalue weighted by Crippen LogP contribution is 2.36. The van der Waals surface area contributed by atoms with Crippen molar-refractivity contribution in [2.24, 2.45) is 4.99 Å². The number of thioether (sulfide) groups is 1. The third kappa shape index (κ3) is 5.60. The molecule has 1 aliphatic heterocycles. The highest BCUT2D eigenvalue weighted by atomic mass is 35.5. The van der Waals surface area contributed by atoms with Crippen LogP contribution in [0.4, 0.5) is 17.1 Å². The fraction of sp³-hybridized carbons (Fsp3) is 0. The molecule has 1 amide bonds. The van der Waals surface area contributed by atoms with Crippen LogP contribution < -0.4 is 10.1 Å². The number of hydrogen-bond acceptors (Lipinski definition) is 8. The Hall–Kier alpha value is -3.93. The quantitative estimate of drug-likeness (QED) is 0.218. The van der Waals surface area contributed by atoms with Crippen molar-refractivity contribution in [2.45, 2.75) is 0 Å². The molecule has 0 spiro atoms. The molecule has 13 heteroatoms. The van der Waals surface area contributed by atoms with Crippen LogP contribution in [-0.2, 0) is 4.79 Å². The van der Waals surface area contributed by atoms with Gasteiger partial charge >= 0.3 is 5.69 Å². The minimum atomic E-state index is -0.757. The van der Waals surface area contributed by atoms with Crippen LogP contribution >= 0.6 is 35.0 Å². The van der Waals surface area contributed by atoms with E-state index in [4.69, 9.17) is 27.9 Å². The van der Waals surface area contributed by atoms with Crippen LogP contribution in [0.25, 0.3) is 6.08 Å². The minimum absolute atomic E-state index is 0.141. The maximum Gasteiger partial charge on any atom is 0.318 e. The number of nitrogens with one attached hydrogen (secondary N) is 1. The second-order valence-electron chi connectivity index (χ2n) is 6.89. The molecule has 1 saturated heterocycles. The molecule has 3 aromatic rings. The molecule has 0 unspecified atom stereocenters. The molecule has 1 aliphatic rings. The number of amides is 1. The van der Waals surface area contributed by atoms with Gasteiger partial charge in [0, 0.05) is 6.07 Å². The lowest BCUT2D eigenvalue weighted by Crippen LogP contribution is -2.19. The van der Waals surface area contributed by atoms with E-state index in [-0.39, 0.29) is 22.4 Å². The zero-order valence-electron chi connectivity index (χ0n) is 17.3. The molecule has 0 radical (unpaired) electrons. The first-order valence-electron chi connectivity index (χ1n) is 9.65. The number of benzene rings is 3. The SMILES string of the molecule is O=C1NC(=Nc2cccc(Cl)c2Cl)S/C1=C\c1ccc(Oc2ccc([N+](=O)[O-])cc2[N+](=O)[O-])cc1. The van der Waals surface area contributed by atoms with Crippen LogP contribution in [0.3, 0.4) is 0 Å². The number of hydrogen-bond donors (Lipinski definition) is 1. The van der Waals surface area contributed by atoms with E-state index in [2.05, 4.69) is 10.3 Å². The summed E-state index contributed by atoms with van der Waals surface area (Å²) in [6.45, 7) is 0. The number of amidine groups is 1. The Morgan fingerprint density at radius 3 is 2.43 bits per heavy atom. The van der Waals surface area contributed by atoms with Gasteiger partial charge in [-0.25, -0.2) is 4.99 Å². The van der Waals surface area contributed by atoms with Crippen molar-refractivity contribution in [3.05, 3.63) is 101 Å². The molecule has 0 atom stereocenters. The maximum atomic E-state index is 12.3. The Kier molecular flexibility index (Phi) is 7.01. The molecule has 0 aliphatic carbocycles. The van der Waals surface area contributed by atoms with Gasteiger partial charge in [0.15, 0.2) is 5.17 Å². The van der Waals surface area contributed by atoms with E-state index in [1.807, 2.05) is 0 Å². The summed E-state index contributed by atoms with van der Waals surface area (Å²) in [5.41, 5.74) is 0.134. The van der Waals surface area contributed by atoms with E-state index in [9.17, 15) is 25.0 Å². The predicted molar refractivity (Wildman–Crippen MR) is 134 cm³/mol. The van der Waals surface area contributed by atoms with Gasteiger partial charge in [0.25, 0.3) is 11.6 Å². The van der Waals surface area contributed by atoms with Gasteiger partial charge in [-0.05, 0) is 53.7 Å². The topological polar surface area (TPSA) is 137 Å². The van der Waals surface area contributed by atoms with E-state index in [1.165, 1.54) is 6.07 Å². The van der Waals surface area contributed by atoms with Crippen molar-refractivity contribution in [3.8, 4) is 11.5 Å². The zero-order valence-corrected chi connectivity index (χ0v) is 19.6. The van der Waals surface area contributed by atoms with Gasteiger partial charge in [0.2, 0.25) is 5.75 Å². The van der Waals surface area contributed by atoms with E-state index >= 15 is 0 Å². The Balaban J connectivity index is 1.51. The summed E-state index contributed by atoms with van der Waals surface area (Å²) in [4.78, 5) is 37.7. The molecule has 1 heterocycles. The van der Waals surface area contributed by atoms with Gasteiger partial charge in [-0.2, -0.15) is 0 Å². The molecule has 0 saturated carbocycles. The molecule has 4 rings (SSSR count). The third-order valence-corrected chi connectivity index (χ3v) is 6.28. The van der Waals surface area contributed by atoms with E-state index in [0.29, 0.717) is 26.3 Å². The molecule has 176 valence electrons. The largest absolute Gasteiger partial charge is 0.450 e. The molecule has 10 nitrogen and oxygen atoms in total.